The van der Waals surface area contributed by atoms with E-state index in [0.717, 1.165) is 18.8 Å². The summed E-state index contributed by atoms with van der Waals surface area (Å²) in [6.45, 7) is 0.453. The van der Waals surface area contributed by atoms with E-state index in [0.29, 0.717) is 6.54 Å². The molecule has 3 N–H and O–H groups in total. The van der Waals surface area contributed by atoms with Crippen LogP contribution in [0.2, 0.25) is 0 Å². The van der Waals surface area contributed by atoms with Gasteiger partial charge in [-0.2, -0.15) is 0 Å². The van der Waals surface area contributed by atoms with Crippen LogP contribution in [0.3, 0.4) is 0 Å². The van der Waals surface area contributed by atoms with Crippen LogP contribution < -0.4 is 10.5 Å². The molecule has 94 valence electrons. The van der Waals surface area contributed by atoms with Crippen LogP contribution >= 0.6 is 0 Å². The number of hydrogen-bond acceptors (Lipinski definition) is 4. The second-order valence-electron chi connectivity index (χ2n) is 4.38. The molecule has 1 fully saturated rings. The monoisotopic (exact) mass is 255 g/mol. The van der Waals surface area contributed by atoms with Crippen molar-refractivity contribution in [2.45, 2.75) is 30.7 Å². The third-order valence-corrected chi connectivity index (χ3v) is 4.27. The summed E-state index contributed by atoms with van der Waals surface area (Å²) in [6.07, 6.45) is 5.98. The van der Waals surface area contributed by atoms with Gasteiger partial charge < -0.3 is 5.73 Å². The van der Waals surface area contributed by atoms with Crippen molar-refractivity contribution in [1.29, 1.82) is 0 Å². The number of nitrogens with two attached hydrogens (primary N) is 1. The molecule has 5 nitrogen and oxygen atoms in total. The molecule has 1 aromatic heterocycles. The standard InChI is InChI=1S/C11H17N3O2S/c12-10-4-2-7-13-11(10)17(15,16)14-8-1-3-9-5-6-9/h2,4,7,9,14H,1,3,5-6,8,12H2. The second kappa shape index (κ2) is 5.01. The first-order valence-corrected chi connectivity index (χ1v) is 7.28. The van der Waals surface area contributed by atoms with E-state index >= 15 is 0 Å². The maximum atomic E-state index is 11.9. The zero-order valence-corrected chi connectivity index (χ0v) is 10.4. The lowest BCUT2D eigenvalue weighted by Gasteiger charge is -2.07. The van der Waals surface area contributed by atoms with Crippen molar-refractivity contribution in [3.8, 4) is 0 Å². The Morgan fingerprint density at radius 3 is 2.88 bits per heavy atom. The Morgan fingerprint density at radius 2 is 2.24 bits per heavy atom. The van der Waals surface area contributed by atoms with E-state index in [2.05, 4.69) is 9.71 Å². The molecule has 1 aromatic rings. The minimum atomic E-state index is -3.55. The van der Waals surface area contributed by atoms with Gasteiger partial charge >= 0.3 is 0 Å². The van der Waals surface area contributed by atoms with Crippen molar-refractivity contribution in [3.05, 3.63) is 18.3 Å². The molecule has 0 unspecified atom stereocenters. The van der Waals surface area contributed by atoms with Gasteiger partial charge in [0.25, 0.3) is 10.0 Å². The summed E-state index contributed by atoms with van der Waals surface area (Å²) in [5, 5.41) is -0.0774. The number of nitrogen functional groups attached to an aromatic ring is 1. The highest BCUT2D eigenvalue weighted by molar-refractivity contribution is 7.89. The third-order valence-electron chi connectivity index (χ3n) is 2.83. The average Bonchev–Trinajstić information content (AvgIpc) is 3.09. The quantitative estimate of drug-likeness (QED) is 0.746. The predicted octanol–water partition coefficient (Wildman–Crippen LogP) is 1.13. The molecule has 0 aromatic carbocycles. The molecule has 0 atom stereocenters. The molecule has 6 heteroatoms. The number of aromatic nitrogens is 1. The minimum absolute atomic E-state index is 0.0774. The van der Waals surface area contributed by atoms with Crippen LogP contribution in [0, 0.1) is 5.92 Å². The van der Waals surface area contributed by atoms with Gasteiger partial charge in [-0.05, 0) is 30.9 Å². The van der Waals surface area contributed by atoms with Crippen LogP contribution in [0.25, 0.3) is 0 Å². The fourth-order valence-corrected chi connectivity index (χ4v) is 2.83. The van der Waals surface area contributed by atoms with Gasteiger partial charge in [0.15, 0.2) is 5.03 Å². The van der Waals surface area contributed by atoms with Crippen molar-refractivity contribution in [2.75, 3.05) is 12.3 Å². The van der Waals surface area contributed by atoms with E-state index in [-0.39, 0.29) is 10.7 Å². The van der Waals surface area contributed by atoms with Gasteiger partial charge in [0, 0.05) is 12.7 Å². The van der Waals surface area contributed by atoms with E-state index < -0.39 is 10.0 Å². The number of hydrogen-bond donors (Lipinski definition) is 2. The zero-order valence-electron chi connectivity index (χ0n) is 9.59. The highest BCUT2D eigenvalue weighted by Crippen LogP contribution is 2.33. The Balaban J connectivity index is 1.91. The molecule has 1 aliphatic rings. The van der Waals surface area contributed by atoms with Crippen molar-refractivity contribution >= 4 is 15.7 Å². The largest absolute Gasteiger partial charge is 0.396 e. The normalized spacial score (nSPS) is 16.0. The zero-order chi connectivity index (χ0) is 12.3. The summed E-state index contributed by atoms with van der Waals surface area (Å²) < 4.78 is 26.2. The summed E-state index contributed by atoms with van der Waals surface area (Å²) in [5.41, 5.74) is 5.77. The van der Waals surface area contributed by atoms with Crippen LogP contribution in [0.1, 0.15) is 25.7 Å². The van der Waals surface area contributed by atoms with E-state index in [1.165, 1.54) is 25.1 Å². The Labute approximate surface area is 101 Å². The number of nitrogens with one attached hydrogen (secondary N) is 1. The van der Waals surface area contributed by atoms with Crippen molar-refractivity contribution in [1.82, 2.24) is 9.71 Å². The van der Waals surface area contributed by atoms with Crippen molar-refractivity contribution in [2.24, 2.45) is 5.92 Å². The van der Waals surface area contributed by atoms with E-state index in [1.807, 2.05) is 0 Å². The van der Waals surface area contributed by atoms with Crippen molar-refractivity contribution in [3.63, 3.8) is 0 Å². The first-order valence-electron chi connectivity index (χ1n) is 5.80. The highest BCUT2D eigenvalue weighted by Gasteiger charge is 2.21. The maximum absolute atomic E-state index is 11.9. The third kappa shape index (κ3) is 3.41. The Hall–Kier alpha value is -1.14. The van der Waals surface area contributed by atoms with Crippen LogP contribution in [-0.4, -0.2) is 19.9 Å². The van der Waals surface area contributed by atoms with Gasteiger partial charge in [0.2, 0.25) is 0 Å². The van der Waals surface area contributed by atoms with E-state index in [1.54, 1.807) is 6.07 Å². The average molecular weight is 255 g/mol. The summed E-state index contributed by atoms with van der Waals surface area (Å²) in [6, 6.07) is 3.15. The first kappa shape index (κ1) is 12.3. The summed E-state index contributed by atoms with van der Waals surface area (Å²) in [5.74, 6) is 0.819. The topological polar surface area (TPSA) is 85.1 Å². The fraction of sp³-hybridized carbons (Fsp3) is 0.545. The number of pyridine rings is 1. The van der Waals surface area contributed by atoms with E-state index in [9.17, 15) is 8.42 Å². The maximum Gasteiger partial charge on any atom is 0.260 e. The molecular formula is C11H17N3O2S. The van der Waals surface area contributed by atoms with Gasteiger partial charge in [-0.25, -0.2) is 18.1 Å². The minimum Gasteiger partial charge on any atom is -0.396 e. The Morgan fingerprint density at radius 1 is 1.47 bits per heavy atom. The molecular weight excluding hydrogens is 238 g/mol. The predicted molar refractivity (Wildman–Crippen MR) is 65.8 cm³/mol. The molecule has 0 saturated heterocycles. The number of sulfonamides is 1. The molecule has 0 radical (unpaired) electrons. The lowest BCUT2D eigenvalue weighted by molar-refractivity contribution is 0.569. The Kier molecular flexibility index (Phi) is 3.63. The SMILES string of the molecule is Nc1cccnc1S(=O)(=O)NCCCC1CC1. The lowest BCUT2D eigenvalue weighted by atomic mass is 10.2. The van der Waals surface area contributed by atoms with Gasteiger partial charge in [-0.3, -0.25) is 0 Å². The van der Waals surface area contributed by atoms with Gasteiger partial charge in [0.1, 0.15) is 0 Å². The molecule has 0 spiro atoms. The first-order chi connectivity index (χ1) is 8.09. The molecule has 0 bridgehead atoms. The molecule has 0 aliphatic heterocycles. The summed E-state index contributed by atoms with van der Waals surface area (Å²) >= 11 is 0. The lowest BCUT2D eigenvalue weighted by Crippen LogP contribution is -2.26. The van der Waals surface area contributed by atoms with Gasteiger partial charge in [-0.15, -0.1) is 0 Å². The fourth-order valence-electron chi connectivity index (χ4n) is 1.70. The van der Waals surface area contributed by atoms with Crippen molar-refractivity contribution < 1.29 is 8.42 Å². The molecule has 0 amide bonds. The Bertz CT molecular complexity index is 483. The summed E-state index contributed by atoms with van der Waals surface area (Å²) in [4.78, 5) is 3.80. The molecule has 1 heterocycles. The molecule has 2 rings (SSSR count). The molecule has 1 aliphatic carbocycles. The molecule has 1 saturated carbocycles. The van der Waals surface area contributed by atoms with E-state index in [4.69, 9.17) is 5.73 Å². The number of anilines is 1. The van der Waals surface area contributed by atoms with Gasteiger partial charge in [-0.1, -0.05) is 12.8 Å². The van der Waals surface area contributed by atoms with Crippen LogP contribution in [-0.2, 0) is 10.0 Å². The smallest absolute Gasteiger partial charge is 0.260 e. The number of rotatable bonds is 6. The van der Waals surface area contributed by atoms with Gasteiger partial charge in [0.05, 0.1) is 5.69 Å². The molecule has 17 heavy (non-hydrogen) atoms. The van der Waals surface area contributed by atoms with Crippen LogP contribution in [0.15, 0.2) is 23.4 Å². The van der Waals surface area contributed by atoms with Crippen LogP contribution in [0.5, 0.6) is 0 Å². The second-order valence-corrected chi connectivity index (χ2v) is 6.06. The highest BCUT2D eigenvalue weighted by atomic mass is 32.2. The van der Waals surface area contributed by atoms with Crippen LogP contribution in [0.4, 0.5) is 5.69 Å². The summed E-state index contributed by atoms with van der Waals surface area (Å²) in [7, 11) is -3.55. The number of nitrogens with zero attached hydrogens (tertiary/aromatic N) is 1.